The number of oxazole rings is 6. The molecule has 19 heteroatoms. The second-order valence-electron chi connectivity index (χ2n) is 39.8. The molecule has 0 fully saturated rings. The highest BCUT2D eigenvalue weighted by Crippen LogP contribution is 2.43. The Bertz CT molecular complexity index is 8420. The molecule has 0 saturated carbocycles. The Hall–Kier alpha value is -15.4. The van der Waals surface area contributed by atoms with Crippen LogP contribution in [0.5, 0.6) is 0 Å². The molecule has 12 aromatic heterocycles. The fourth-order valence-electron chi connectivity index (χ4n) is 19.4. The highest BCUT2D eigenvalue weighted by molar-refractivity contribution is 5.94. The summed E-state index contributed by atoms with van der Waals surface area (Å²) in [5.74, 6) is 4.16. The molecule has 0 aliphatic rings. The van der Waals surface area contributed by atoms with Crippen LogP contribution in [0.1, 0.15) is 227 Å². The molecule has 149 heavy (non-hydrogen) atoms. The molecule has 0 amide bonds. The number of aromatic nitrogens is 12. The number of rotatable bonds is 12. The van der Waals surface area contributed by atoms with Crippen molar-refractivity contribution in [2.75, 3.05) is 0 Å². The van der Waals surface area contributed by atoms with E-state index in [1.807, 2.05) is 113 Å². The van der Waals surface area contributed by atoms with E-state index in [1.54, 1.807) is 12.1 Å². The van der Waals surface area contributed by atoms with Crippen LogP contribution in [0.4, 0.5) is 4.39 Å². The Morgan fingerprint density at radius 1 is 0.268 bits per heavy atom. The van der Waals surface area contributed by atoms with Crippen LogP contribution in [0, 0.1) is 137 Å². The van der Waals surface area contributed by atoms with E-state index in [4.69, 9.17) is 41.5 Å². The lowest BCUT2D eigenvalue weighted by Gasteiger charge is -2.17. The number of fused-ring (bicyclic) bond motifs is 6. The fraction of sp³-hybridized carbons (Fsp3) is 0.308. The van der Waals surface area contributed by atoms with E-state index in [2.05, 4.69) is 340 Å². The largest absolute Gasteiger partial charge is 0.443 e. The lowest BCUT2D eigenvalue weighted by atomic mass is 9.88. The van der Waals surface area contributed by atoms with Gasteiger partial charge in [0.25, 0.3) is 17.1 Å². The van der Waals surface area contributed by atoms with Crippen LogP contribution in [0.2, 0.25) is 0 Å². The molecule has 774 valence electrons. The first-order chi connectivity index (χ1) is 68.1. The summed E-state index contributed by atoms with van der Waals surface area (Å²) in [5, 5.41) is 0. The summed E-state index contributed by atoms with van der Waals surface area (Å²) in [6.45, 7) is 53.7. The zero-order chi connectivity index (χ0) is 102. The van der Waals surface area contributed by atoms with E-state index < -0.39 is 0 Å². The predicted octanol–water partition coefficient (Wildman–Crippen LogP) is 32.1. The van der Waals surface area contributed by atoms with Gasteiger partial charge in [0.05, 0.1) is 33.4 Å². The van der Waals surface area contributed by atoms with Crippen LogP contribution in [0.25, 0.3) is 169 Å². The van der Waals surface area contributed by atoms with E-state index in [9.17, 15) is 4.39 Å². The number of pyridine rings is 6. The van der Waals surface area contributed by atoms with E-state index in [0.717, 1.165) is 135 Å². The van der Waals surface area contributed by atoms with Crippen LogP contribution < -0.4 is 27.4 Å². The number of hydrogen-bond donors (Lipinski definition) is 0. The number of nitrogens with zero attached hydrogens (tertiary/aromatic N) is 12. The first-order valence-corrected chi connectivity index (χ1v) is 49.2. The standard InChI is InChI=1S/C28H33N2O.C22H20FN2O.C22H21N2O.C19H23N2O.C17H19N2O.C16H17N2O.6CH4/c1-16(2)21-10-9-11-22(17(3)4)25(21)28-29-24-12-13-30(8)26(27(24)31-28)23-15-18(5)14-19(6)20(23)7;1-13-11-14(2)15(3)18(12-13)20-21-19(9-10-25(20)4)24-22(26-21)16-5-7-17(23)8-6-16;1-14-12-15(2)16(3)18(13-14)20-21-19(10-11-24(20)4)23-22(25-21)17-8-6-5-7-9-17;1-11(2)19-20-17-16(22-19)7-8-21(6)18(17)15-10-12(3)9-13(4)14(15)5;1-10-8-11(2)12(3)14(9-10)17-16-15(6-7-19(17)5)20-13(4)18-16;1-10-7-11(2)12(3)13(8-10)16-15-14(19-9-17-15)5-6-18(16)4;;;;;;/h9-17H,1-8H3;5-12H,1-4H3;5-13H,1-4H3;7-11H,1-6H3;6-9H,1-5H3;5-9H,1-4H3;6*1H4/q6*+1;;;;;;. The van der Waals surface area contributed by atoms with Gasteiger partial charge >= 0.3 is 0 Å². The predicted molar refractivity (Wildman–Crippen MR) is 613 cm³/mol. The second-order valence-corrected chi connectivity index (χ2v) is 39.8. The van der Waals surface area contributed by atoms with Crippen LogP contribution in [0.3, 0.4) is 0 Å². The van der Waals surface area contributed by atoms with Crippen LogP contribution in [-0.4, -0.2) is 29.9 Å². The molecule has 0 N–H and O–H groups in total. The molecule has 0 aliphatic carbocycles. The van der Waals surface area contributed by atoms with Gasteiger partial charge in [-0.05, 0) is 287 Å². The third kappa shape index (κ3) is 23.8. The Kier molecular flexibility index (Phi) is 36.9. The van der Waals surface area contributed by atoms with Gasteiger partial charge in [0.15, 0.2) is 88.7 Å². The van der Waals surface area contributed by atoms with Crippen molar-refractivity contribution in [3.8, 4) is 102 Å². The minimum Gasteiger partial charge on any atom is -0.443 e. The molecule has 0 bridgehead atoms. The average molecular weight is 2000 g/mol. The number of hydrogen-bond acceptors (Lipinski definition) is 12. The molecule has 18 nitrogen and oxygen atoms in total. The van der Waals surface area contributed by atoms with Gasteiger partial charge in [-0.15, -0.1) is 0 Å². The summed E-state index contributed by atoms with van der Waals surface area (Å²) in [7, 11) is 12.3. The van der Waals surface area contributed by atoms with E-state index in [-0.39, 0.29) is 56.3 Å². The zero-order valence-corrected chi connectivity index (χ0v) is 88.8. The van der Waals surface area contributed by atoms with E-state index in [1.165, 1.54) is 158 Å². The van der Waals surface area contributed by atoms with Gasteiger partial charge in [0.2, 0.25) is 51.5 Å². The molecule has 0 radical (unpaired) electrons. The highest BCUT2D eigenvalue weighted by Gasteiger charge is 2.32. The normalized spacial score (nSPS) is 10.9. The molecule has 21 rings (SSSR count). The van der Waals surface area contributed by atoms with E-state index >= 15 is 0 Å². The summed E-state index contributed by atoms with van der Waals surface area (Å²) in [6, 6.07) is 61.3. The molecule has 0 saturated heterocycles. The van der Waals surface area contributed by atoms with Crippen molar-refractivity contribution in [1.29, 1.82) is 0 Å². The molecule has 0 unspecified atom stereocenters. The number of benzene rings is 9. The Morgan fingerprint density at radius 3 is 0.913 bits per heavy atom. The van der Waals surface area contributed by atoms with Crippen molar-refractivity contribution in [3.05, 3.63) is 354 Å². The minimum absolute atomic E-state index is 0. The smallest absolute Gasteiger partial charge is 0.257 e. The molecular weight excluding hydrogens is 1840 g/mol. The SMILES string of the molecule is C.C.C.C.C.C.Cc1cc(C)c(C)c(-c2c3nc(C(C)C)oc3cc[n+]2C)c1.Cc1cc(C)c(C)c(-c2c3nc(C)oc3cc[n+]2C)c1.Cc1cc(C)c(C)c(-c2c3ncoc3cc[n+]2C)c1.Cc1cc(C)c(C)c(-c2c3oc(-c4c(C(C)C)cccc4C(C)C)nc3cc[n+]2C)c1.Cc1cc(C)c(C)c(-c2c3oc(-c4ccc(F)cc4)nc3cc[n+]2C)c1.Cc1cc(C)c(C)c(-c2c3oc(-c4ccccc4)nc3cc[n+]2C)c1. The molecule has 0 spiro atoms. The molecule has 21 aromatic rings. The van der Waals surface area contributed by atoms with Crippen LogP contribution in [0.15, 0.2) is 252 Å². The lowest BCUT2D eigenvalue weighted by molar-refractivity contribution is -0.659. The monoisotopic (exact) mass is 2000 g/mol. The van der Waals surface area contributed by atoms with Crippen LogP contribution >= 0.6 is 0 Å². The molecule has 0 atom stereocenters. The van der Waals surface area contributed by atoms with Gasteiger partial charge < -0.3 is 26.5 Å². The van der Waals surface area contributed by atoms with Crippen molar-refractivity contribution in [3.63, 3.8) is 0 Å². The van der Waals surface area contributed by atoms with Crippen molar-refractivity contribution in [1.82, 2.24) is 29.9 Å². The first-order valence-electron chi connectivity index (χ1n) is 49.2. The summed E-state index contributed by atoms with van der Waals surface area (Å²) < 4.78 is 61.9. The van der Waals surface area contributed by atoms with Gasteiger partial charge in [-0.1, -0.05) is 192 Å². The first kappa shape index (κ1) is 116. The molecular formula is C130H157FN12O6+6. The van der Waals surface area contributed by atoms with Gasteiger partial charge in [0.1, 0.15) is 64.7 Å². The third-order valence-electron chi connectivity index (χ3n) is 27.7. The maximum atomic E-state index is 13.2. The maximum Gasteiger partial charge on any atom is 0.257 e. The Balaban J connectivity index is 0.000000183. The van der Waals surface area contributed by atoms with Crippen molar-refractivity contribution in [2.24, 2.45) is 42.3 Å². The second kappa shape index (κ2) is 47.6. The summed E-state index contributed by atoms with van der Waals surface area (Å²) in [4.78, 5) is 28.0. The van der Waals surface area contributed by atoms with Crippen LogP contribution in [-0.2, 0) is 42.3 Å². The molecule has 9 aromatic carbocycles. The average Bonchev–Trinajstić information content (AvgIpc) is 1.62. The van der Waals surface area contributed by atoms with Gasteiger partial charge in [-0.2, -0.15) is 27.4 Å². The molecule has 12 heterocycles. The van der Waals surface area contributed by atoms with Crippen molar-refractivity contribution < 1.29 is 58.3 Å². The number of halogens is 1. The quantitative estimate of drug-likeness (QED) is 0.106. The maximum absolute atomic E-state index is 13.2. The van der Waals surface area contributed by atoms with Crippen molar-refractivity contribution >= 4 is 66.6 Å². The summed E-state index contributed by atoms with van der Waals surface area (Å²) >= 11 is 0. The Morgan fingerprint density at radius 2 is 0.564 bits per heavy atom. The van der Waals surface area contributed by atoms with Gasteiger partial charge in [-0.25, -0.2) is 34.3 Å². The zero-order valence-electron chi connectivity index (χ0n) is 88.8. The van der Waals surface area contributed by atoms with Crippen molar-refractivity contribution in [2.45, 2.75) is 235 Å². The summed E-state index contributed by atoms with van der Waals surface area (Å²) in [6.07, 6.45) is 13.7. The lowest BCUT2D eigenvalue weighted by Crippen LogP contribution is -2.30. The third-order valence-corrected chi connectivity index (χ3v) is 27.7. The number of aryl methyl sites for hydroxylation is 19. The van der Waals surface area contributed by atoms with Gasteiger partial charge in [0, 0.05) is 65.9 Å². The summed E-state index contributed by atoms with van der Waals surface area (Å²) in [5.41, 5.74) is 52.3. The fourth-order valence-corrected chi connectivity index (χ4v) is 19.4. The highest BCUT2D eigenvalue weighted by atomic mass is 19.1. The van der Waals surface area contributed by atoms with E-state index in [0.29, 0.717) is 29.5 Å². The topological polar surface area (TPSA) is 179 Å². The molecule has 0 aliphatic heterocycles. The Labute approximate surface area is 883 Å². The van der Waals surface area contributed by atoms with Gasteiger partial charge in [-0.3, -0.25) is 0 Å². The minimum atomic E-state index is -0.275.